The molecule has 0 radical (unpaired) electrons. The number of nitrogens with one attached hydrogen (secondary N) is 1. The van der Waals surface area contributed by atoms with Crippen LogP contribution in [0.15, 0.2) is 65.6 Å². The van der Waals surface area contributed by atoms with Crippen molar-refractivity contribution in [2.24, 2.45) is 0 Å². The van der Waals surface area contributed by atoms with E-state index >= 15 is 0 Å². The van der Waals surface area contributed by atoms with Crippen molar-refractivity contribution in [3.63, 3.8) is 0 Å². The minimum absolute atomic E-state index is 0.206. The number of alkyl halides is 3. The smallest absolute Gasteiger partial charge is 0.343 e. The van der Waals surface area contributed by atoms with E-state index in [1.165, 1.54) is 6.07 Å². The first-order valence-electron chi connectivity index (χ1n) is 12.9. The Labute approximate surface area is 230 Å². The van der Waals surface area contributed by atoms with E-state index in [0.717, 1.165) is 23.8 Å². The summed E-state index contributed by atoms with van der Waals surface area (Å²) in [5.41, 5.74) is -0.524. The Hall–Kier alpha value is -3.85. The lowest BCUT2D eigenvalue weighted by molar-refractivity contribution is -0.139. The molecule has 0 spiro atoms. The zero-order chi connectivity index (χ0) is 28.7. The summed E-state index contributed by atoms with van der Waals surface area (Å²) in [5.74, 6) is -0.0356. The second-order valence-electron chi connectivity index (χ2n) is 10.4. The van der Waals surface area contributed by atoms with Crippen molar-refractivity contribution in [3.05, 3.63) is 77.5 Å². The number of halogens is 3. The van der Waals surface area contributed by atoms with Gasteiger partial charge in [0.1, 0.15) is 17.4 Å². The fourth-order valence-electron chi connectivity index (χ4n) is 5.17. The van der Waals surface area contributed by atoms with Crippen LogP contribution in [0.25, 0.3) is 0 Å². The van der Waals surface area contributed by atoms with Gasteiger partial charge in [0.25, 0.3) is 0 Å². The number of sulfone groups is 1. The molecule has 2 aromatic carbocycles. The summed E-state index contributed by atoms with van der Waals surface area (Å²) in [6.45, 7) is 2.01. The Kier molecular flexibility index (Phi) is 7.12. The first-order valence-corrected chi connectivity index (χ1v) is 14.5. The Balaban J connectivity index is 1.50. The average Bonchev–Trinajstić information content (AvgIpc) is 3.37. The molecule has 2 aliphatic rings. The molecule has 1 aliphatic carbocycles. The number of benzene rings is 2. The number of aryl methyl sites for hydroxylation is 3. The van der Waals surface area contributed by atoms with Gasteiger partial charge in [-0.25, -0.2) is 13.1 Å². The lowest BCUT2D eigenvalue weighted by Crippen LogP contribution is -2.48. The fraction of sp³-hybridized carbons (Fsp3) is 0.393. The Morgan fingerprint density at radius 1 is 1.15 bits per heavy atom. The van der Waals surface area contributed by atoms with Crippen LogP contribution in [0.4, 0.5) is 19.0 Å². The predicted octanol–water partition coefficient (Wildman–Crippen LogP) is 4.05. The van der Waals surface area contributed by atoms with Crippen LogP contribution in [0.5, 0.6) is 0 Å². The summed E-state index contributed by atoms with van der Waals surface area (Å²) in [4.78, 5) is 14.3. The molecule has 1 aromatic heterocycles. The molecular formula is C28H28F3N5O3S. The largest absolute Gasteiger partial charge is 0.417 e. The van der Waals surface area contributed by atoms with Crippen molar-refractivity contribution >= 4 is 21.6 Å². The molecule has 1 saturated carbocycles. The van der Waals surface area contributed by atoms with Crippen molar-refractivity contribution < 1.29 is 26.4 Å². The number of nitrogens with zero attached hydrogens (tertiary/aromatic N) is 4. The maximum atomic E-state index is 13.7. The lowest BCUT2D eigenvalue weighted by Gasteiger charge is -2.27. The molecule has 1 aliphatic heterocycles. The van der Waals surface area contributed by atoms with Gasteiger partial charge < -0.3 is 10.2 Å². The molecule has 2 heterocycles. The first kappa shape index (κ1) is 27.7. The third-order valence-corrected chi connectivity index (χ3v) is 9.65. The summed E-state index contributed by atoms with van der Waals surface area (Å²) < 4.78 is 70.3. The van der Waals surface area contributed by atoms with Gasteiger partial charge in [0, 0.05) is 19.2 Å². The number of hydrogen-bond donors (Lipinski definition) is 1. The van der Waals surface area contributed by atoms with Gasteiger partial charge >= 0.3 is 6.18 Å². The molecular weight excluding hydrogens is 543 g/mol. The maximum absolute atomic E-state index is 13.7. The number of anilines is 1. The number of rotatable bonds is 8. The van der Waals surface area contributed by atoms with E-state index in [1.807, 2.05) is 30.3 Å². The molecule has 5 rings (SSSR count). The van der Waals surface area contributed by atoms with Gasteiger partial charge in [-0.1, -0.05) is 42.5 Å². The van der Waals surface area contributed by atoms with E-state index in [0.29, 0.717) is 37.3 Å². The Bertz CT molecular complexity index is 1560. The number of carbonyl (C=O) groups is 1. The molecule has 0 unspecified atom stereocenters. The minimum atomic E-state index is -4.86. The van der Waals surface area contributed by atoms with Crippen molar-refractivity contribution in [1.29, 1.82) is 5.26 Å². The van der Waals surface area contributed by atoms with Gasteiger partial charge in [0.15, 0.2) is 9.84 Å². The number of nitriles is 1. The van der Waals surface area contributed by atoms with Crippen LogP contribution in [-0.2, 0) is 33.8 Å². The average molecular weight is 572 g/mol. The summed E-state index contributed by atoms with van der Waals surface area (Å²) in [7, 11) is -4.49. The monoisotopic (exact) mass is 571 g/mol. The summed E-state index contributed by atoms with van der Waals surface area (Å²) >= 11 is 0. The third-order valence-electron chi connectivity index (χ3n) is 7.46. The van der Waals surface area contributed by atoms with Crippen molar-refractivity contribution in [3.8, 4) is 6.07 Å². The van der Waals surface area contributed by atoms with E-state index in [4.69, 9.17) is 0 Å². The molecule has 2 fully saturated rings. The molecule has 1 amide bonds. The topological polar surface area (TPSA) is 108 Å². The highest BCUT2D eigenvalue weighted by atomic mass is 32.2. The van der Waals surface area contributed by atoms with E-state index in [-0.39, 0.29) is 13.0 Å². The van der Waals surface area contributed by atoms with E-state index in [1.54, 1.807) is 22.6 Å². The van der Waals surface area contributed by atoms with Crippen LogP contribution in [-0.4, -0.2) is 47.5 Å². The molecule has 8 nitrogen and oxygen atoms in total. The highest BCUT2D eigenvalue weighted by Gasteiger charge is 2.50. The van der Waals surface area contributed by atoms with Crippen LogP contribution >= 0.6 is 0 Å². The maximum Gasteiger partial charge on any atom is 0.417 e. The zero-order valence-electron chi connectivity index (χ0n) is 21.7. The third kappa shape index (κ3) is 5.43. The van der Waals surface area contributed by atoms with Gasteiger partial charge in [-0.3, -0.25) is 4.79 Å². The van der Waals surface area contributed by atoms with Gasteiger partial charge in [-0.2, -0.15) is 23.5 Å². The first-order chi connectivity index (χ1) is 18.9. The zero-order valence-corrected chi connectivity index (χ0v) is 22.5. The van der Waals surface area contributed by atoms with Gasteiger partial charge in [-0.15, -0.1) is 0 Å². The normalized spacial score (nSPS) is 20.2. The molecule has 12 heteroatoms. The second-order valence-corrected chi connectivity index (χ2v) is 12.5. The van der Waals surface area contributed by atoms with Crippen LogP contribution in [0.3, 0.4) is 0 Å². The molecule has 1 N–H and O–H groups in total. The van der Waals surface area contributed by atoms with E-state index in [9.17, 15) is 31.6 Å². The minimum Gasteiger partial charge on any atom is -0.343 e. The Morgan fingerprint density at radius 2 is 1.82 bits per heavy atom. The number of carbonyl (C=O) groups excluding carboxylic acids is 1. The number of amides is 1. The van der Waals surface area contributed by atoms with Crippen LogP contribution in [0, 0.1) is 18.3 Å². The van der Waals surface area contributed by atoms with Crippen molar-refractivity contribution in [2.75, 3.05) is 11.4 Å². The van der Waals surface area contributed by atoms with Gasteiger partial charge in [0.05, 0.1) is 27.5 Å². The molecule has 3 aromatic rings. The van der Waals surface area contributed by atoms with Crippen LogP contribution < -0.4 is 10.2 Å². The Morgan fingerprint density at radius 3 is 2.48 bits per heavy atom. The molecule has 210 valence electrons. The SMILES string of the molecule is Cc1cc(N2C[C@H](S(=O)(=O)c3ccccc3C(F)(F)F)C[C@H]2C(=O)NC2(C#N)CC2)n(CCc2ccccc2)n1. The molecule has 40 heavy (non-hydrogen) atoms. The second kappa shape index (κ2) is 10.3. The van der Waals surface area contributed by atoms with Gasteiger partial charge in [-0.05, 0) is 50.3 Å². The standard InChI is InChI=1S/C28H28F3N5O3S/c1-19-15-25(36(34-19)14-11-20-7-3-2-4-8-20)35-17-21(16-23(35)26(37)33-27(18-32)12-13-27)40(38,39)24-10-6-5-9-22(24)28(29,30)31/h2-10,15,21,23H,11-14,16-17H2,1H3,(H,33,37)/t21-,23+/m1/s1. The fourth-order valence-corrected chi connectivity index (χ4v) is 7.08. The summed E-state index contributed by atoms with van der Waals surface area (Å²) in [6, 6.07) is 16.6. The predicted molar refractivity (Wildman–Crippen MR) is 141 cm³/mol. The van der Waals surface area contributed by atoms with E-state index in [2.05, 4.69) is 16.5 Å². The summed E-state index contributed by atoms with van der Waals surface area (Å²) in [5, 5.41) is 15.5. The number of hydrogen-bond acceptors (Lipinski definition) is 6. The lowest BCUT2D eigenvalue weighted by atomic mass is 10.1. The highest BCUT2D eigenvalue weighted by molar-refractivity contribution is 7.92. The van der Waals surface area contributed by atoms with Crippen LogP contribution in [0.1, 0.15) is 36.1 Å². The van der Waals surface area contributed by atoms with Gasteiger partial charge in [0.2, 0.25) is 5.91 Å². The van der Waals surface area contributed by atoms with Crippen molar-refractivity contribution in [1.82, 2.24) is 15.1 Å². The molecule has 2 atom stereocenters. The highest BCUT2D eigenvalue weighted by Crippen LogP contribution is 2.40. The molecule has 1 saturated heterocycles. The molecule has 0 bridgehead atoms. The number of aromatic nitrogens is 2. The summed E-state index contributed by atoms with van der Waals surface area (Å²) in [6.07, 6.45) is -3.51. The van der Waals surface area contributed by atoms with Crippen LogP contribution in [0.2, 0.25) is 0 Å². The quantitative estimate of drug-likeness (QED) is 0.437. The van der Waals surface area contributed by atoms with E-state index < -0.39 is 49.2 Å². The van der Waals surface area contributed by atoms with Crippen molar-refractivity contribution in [2.45, 2.75) is 67.1 Å².